The normalized spacial score (nSPS) is 11.0. The number of carbonyl (C=O) groups is 1. The van der Waals surface area contributed by atoms with E-state index in [1.54, 1.807) is 39.5 Å². The van der Waals surface area contributed by atoms with Gasteiger partial charge in [0.2, 0.25) is 0 Å². The number of rotatable bonds is 12. The molecule has 2 aromatic heterocycles. The molecule has 2 heterocycles. The average molecular weight is 529 g/mol. The molecule has 0 fully saturated rings. The maximum Gasteiger partial charge on any atom is 0.344 e. The summed E-state index contributed by atoms with van der Waals surface area (Å²) in [5.74, 6) is 2.72. The van der Waals surface area contributed by atoms with Crippen LogP contribution in [0, 0.1) is 0 Å². The average Bonchev–Trinajstić information content (AvgIpc) is 2.97. The molecule has 0 saturated heterocycles. The molecule has 202 valence electrons. The first-order valence-electron chi connectivity index (χ1n) is 12.6. The second-order valence-corrected chi connectivity index (χ2v) is 8.62. The molecule has 4 aromatic rings. The number of anilines is 1. The van der Waals surface area contributed by atoms with Gasteiger partial charge in [-0.3, -0.25) is 4.98 Å². The van der Waals surface area contributed by atoms with Crippen LogP contribution in [0.1, 0.15) is 24.0 Å². The Balaban J connectivity index is 1.59. The van der Waals surface area contributed by atoms with Gasteiger partial charge < -0.3 is 23.8 Å². The van der Waals surface area contributed by atoms with Crippen LogP contribution in [0.25, 0.3) is 23.1 Å². The fourth-order valence-corrected chi connectivity index (χ4v) is 3.95. The summed E-state index contributed by atoms with van der Waals surface area (Å²) < 4.78 is 21.4. The van der Waals surface area contributed by atoms with Gasteiger partial charge in [-0.05, 0) is 48.9 Å². The number of fused-ring (bicyclic) bond motifs is 1. The second-order valence-electron chi connectivity index (χ2n) is 8.62. The predicted octanol–water partition coefficient (Wildman–Crippen LogP) is 4.83. The van der Waals surface area contributed by atoms with E-state index in [0.29, 0.717) is 36.2 Å². The van der Waals surface area contributed by atoms with Crippen LogP contribution in [0.3, 0.4) is 0 Å². The van der Waals surface area contributed by atoms with Gasteiger partial charge in [0.15, 0.2) is 23.9 Å². The van der Waals surface area contributed by atoms with Crippen molar-refractivity contribution in [2.45, 2.75) is 13.3 Å². The number of hydrogen-bond donors (Lipinski definition) is 0. The Morgan fingerprint density at radius 1 is 0.974 bits per heavy atom. The number of nitrogens with zero attached hydrogens (tertiary/aromatic N) is 4. The zero-order valence-corrected chi connectivity index (χ0v) is 22.6. The molecule has 0 bridgehead atoms. The van der Waals surface area contributed by atoms with Crippen LogP contribution in [-0.2, 0) is 16.0 Å². The first-order valence-corrected chi connectivity index (χ1v) is 12.6. The van der Waals surface area contributed by atoms with Crippen LogP contribution >= 0.6 is 0 Å². The molecule has 0 radical (unpaired) electrons. The van der Waals surface area contributed by atoms with Crippen LogP contribution in [0.4, 0.5) is 5.82 Å². The molecule has 9 heteroatoms. The lowest BCUT2D eigenvalue weighted by Crippen LogP contribution is -2.22. The predicted molar refractivity (Wildman–Crippen MR) is 151 cm³/mol. The van der Waals surface area contributed by atoms with Crippen molar-refractivity contribution < 1.29 is 23.7 Å². The lowest BCUT2D eigenvalue weighted by Gasteiger charge is -2.21. The molecule has 2 aromatic carbocycles. The van der Waals surface area contributed by atoms with Gasteiger partial charge in [0.05, 0.1) is 26.3 Å². The SMILES string of the molecule is CCOC(=O)COc1ccc(/C=C/c2nc(N(C)CCc3ccccn3)c3cc(OC)c(OC)cc3n2)cc1. The van der Waals surface area contributed by atoms with Crippen molar-refractivity contribution in [2.75, 3.05) is 45.9 Å². The molecule has 39 heavy (non-hydrogen) atoms. The van der Waals surface area contributed by atoms with E-state index < -0.39 is 5.97 Å². The number of methoxy groups -OCH3 is 2. The van der Waals surface area contributed by atoms with Crippen molar-refractivity contribution in [2.24, 2.45) is 0 Å². The van der Waals surface area contributed by atoms with Crippen LogP contribution in [0.15, 0.2) is 60.8 Å². The van der Waals surface area contributed by atoms with E-state index >= 15 is 0 Å². The summed E-state index contributed by atoms with van der Waals surface area (Å²) in [6, 6.07) is 17.1. The van der Waals surface area contributed by atoms with Crippen molar-refractivity contribution in [3.05, 3.63) is 77.9 Å². The van der Waals surface area contributed by atoms with Gasteiger partial charge in [-0.1, -0.05) is 24.3 Å². The number of ether oxygens (including phenoxy) is 4. The Morgan fingerprint density at radius 3 is 2.44 bits per heavy atom. The third kappa shape index (κ3) is 7.22. The first kappa shape index (κ1) is 27.4. The smallest absolute Gasteiger partial charge is 0.344 e. The molecule has 0 spiro atoms. The number of esters is 1. The van der Waals surface area contributed by atoms with Crippen LogP contribution in [0.2, 0.25) is 0 Å². The zero-order chi connectivity index (χ0) is 27.6. The molecular weight excluding hydrogens is 496 g/mol. The van der Waals surface area contributed by atoms with Gasteiger partial charge in [-0.15, -0.1) is 0 Å². The molecule has 0 saturated carbocycles. The number of likely N-dealkylation sites (N-methyl/N-ethyl adjacent to an activating group) is 1. The van der Waals surface area contributed by atoms with Crippen molar-refractivity contribution >= 4 is 34.8 Å². The van der Waals surface area contributed by atoms with Gasteiger partial charge in [0, 0.05) is 43.4 Å². The second kappa shape index (κ2) is 13.2. The van der Waals surface area contributed by atoms with Crippen molar-refractivity contribution in [3.8, 4) is 17.2 Å². The summed E-state index contributed by atoms with van der Waals surface area (Å²) in [6.07, 6.45) is 6.36. The molecule has 0 aliphatic rings. The highest BCUT2D eigenvalue weighted by Crippen LogP contribution is 2.35. The highest BCUT2D eigenvalue weighted by molar-refractivity contribution is 5.93. The summed E-state index contributed by atoms with van der Waals surface area (Å²) in [4.78, 5) is 27.7. The lowest BCUT2D eigenvalue weighted by atomic mass is 10.1. The molecular formula is C30H32N4O5. The monoisotopic (exact) mass is 528 g/mol. The van der Waals surface area contributed by atoms with Crippen LogP contribution in [0.5, 0.6) is 17.2 Å². The Morgan fingerprint density at radius 2 is 1.74 bits per heavy atom. The fourth-order valence-electron chi connectivity index (χ4n) is 3.95. The van der Waals surface area contributed by atoms with Gasteiger partial charge >= 0.3 is 5.97 Å². The molecule has 0 N–H and O–H groups in total. The minimum atomic E-state index is -0.398. The van der Waals surface area contributed by atoms with Gasteiger partial charge in [-0.2, -0.15) is 0 Å². The summed E-state index contributed by atoms with van der Waals surface area (Å²) in [5.41, 5.74) is 2.68. The van der Waals surface area contributed by atoms with Crippen molar-refractivity contribution in [1.29, 1.82) is 0 Å². The van der Waals surface area contributed by atoms with Crippen molar-refractivity contribution in [1.82, 2.24) is 15.0 Å². The fraction of sp³-hybridized carbons (Fsp3) is 0.267. The lowest BCUT2D eigenvalue weighted by molar-refractivity contribution is -0.145. The highest BCUT2D eigenvalue weighted by atomic mass is 16.6. The van der Waals surface area contributed by atoms with E-state index in [2.05, 4.69) is 9.88 Å². The molecule has 0 amide bonds. The maximum atomic E-state index is 11.5. The van der Waals surface area contributed by atoms with Gasteiger partial charge in [-0.25, -0.2) is 14.8 Å². The summed E-state index contributed by atoms with van der Waals surface area (Å²) >= 11 is 0. The van der Waals surface area contributed by atoms with Crippen LogP contribution in [-0.4, -0.2) is 61.9 Å². The standard InChI is InChI=1S/C30H32N4O5/c1-5-38-29(35)20-39-23-12-9-21(10-13-23)11-14-28-32-25-19-27(37-4)26(36-3)18-24(25)30(33-28)34(2)17-15-22-8-6-7-16-31-22/h6-14,16,18-19H,5,15,17,20H2,1-4H3/b14-11+. The summed E-state index contributed by atoms with van der Waals surface area (Å²) in [6.45, 7) is 2.67. The maximum absolute atomic E-state index is 11.5. The van der Waals surface area contributed by atoms with E-state index in [9.17, 15) is 4.79 Å². The Kier molecular flexibility index (Phi) is 9.29. The molecule has 0 atom stereocenters. The summed E-state index contributed by atoms with van der Waals surface area (Å²) in [5, 5.41) is 0.858. The quantitative estimate of drug-likeness (QED) is 0.240. The number of carbonyl (C=O) groups excluding carboxylic acids is 1. The molecule has 4 rings (SSSR count). The Labute approximate surface area is 228 Å². The van der Waals surface area contributed by atoms with Crippen molar-refractivity contribution in [3.63, 3.8) is 0 Å². The van der Waals surface area contributed by atoms with E-state index in [-0.39, 0.29) is 6.61 Å². The third-order valence-electron chi connectivity index (χ3n) is 5.96. The highest BCUT2D eigenvalue weighted by Gasteiger charge is 2.15. The molecule has 0 aliphatic carbocycles. The number of benzene rings is 2. The third-order valence-corrected chi connectivity index (χ3v) is 5.96. The molecule has 9 nitrogen and oxygen atoms in total. The van der Waals surface area contributed by atoms with E-state index in [1.165, 1.54) is 0 Å². The zero-order valence-electron chi connectivity index (χ0n) is 22.6. The van der Waals surface area contributed by atoms with Gasteiger partial charge in [0.25, 0.3) is 0 Å². The topological polar surface area (TPSA) is 95.9 Å². The minimum Gasteiger partial charge on any atom is -0.493 e. The largest absolute Gasteiger partial charge is 0.493 e. The van der Waals surface area contributed by atoms with E-state index in [1.807, 2.05) is 61.7 Å². The minimum absolute atomic E-state index is 0.126. The number of hydrogen-bond acceptors (Lipinski definition) is 9. The Bertz CT molecular complexity index is 1430. The number of aromatic nitrogens is 3. The summed E-state index contributed by atoms with van der Waals surface area (Å²) in [7, 11) is 5.22. The first-order chi connectivity index (χ1) is 19.0. The molecule has 0 aliphatic heterocycles. The van der Waals surface area contributed by atoms with E-state index in [0.717, 1.165) is 34.4 Å². The molecule has 0 unspecified atom stereocenters. The number of pyridine rings is 1. The van der Waals surface area contributed by atoms with Crippen LogP contribution < -0.4 is 19.1 Å². The van der Waals surface area contributed by atoms with Gasteiger partial charge in [0.1, 0.15) is 11.6 Å². The Hall–Kier alpha value is -4.66. The van der Waals surface area contributed by atoms with E-state index in [4.69, 9.17) is 28.9 Å².